The van der Waals surface area contributed by atoms with E-state index in [1.165, 1.54) is 17.7 Å². The zero-order valence-corrected chi connectivity index (χ0v) is 16.1. The molecule has 1 aliphatic carbocycles. The lowest BCUT2D eigenvalue weighted by molar-refractivity contribution is 0.164. The maximum atomic E-state index is 13.4. The molecule has 0 spiro atoms. The van der Waals surface area contributed by atoms with Crippen molar-refractivity contribution < 1.29 is 9.18 Å². The molecule has 144 valence electrons. The zero-order valence-electron chi connectivity index (χ0n) is 15.3. The Balaban J connectivity index is 0.00000210. The van der Waals surface area contributed by atoms with Gasteiger partial charge in [0.05, 0.1) is 6.04 Å². The molecule has 1 fully saturated rings. The molecule has 0 bridgehead atoms. The Hall–Kier alpha value is -2.11. The summed E-state index contributed by atoms with van der Waals surface area (Å²) >= 11 is 0. The number of fused-ring (bicyclic) bond motifs is 1. The summed E-state index contributed by atoms with van der Waals surface area (Å²) in [6.45, 7) is 0.660. The molecule has 4 rings (SSSR count). The number of halogens is 2. The fourth-order valence-corrected chi connectivity index (χ4v) is 4.02. The minimum atomic E-state index is -0.263. The normalized spacial score (nSPS) is 23.6. The summed E-state index contributed by atoms with van der Waals surface area (Å²) < 4.78 is 13.4. The van der Waals surface area contributed by atoms with E-state index in [0.717, 1.165) is 30.4 Å². The number of carbonyl (C=O) groups is 1. The molecule has 0 saturated heterocycles. The van der Waals surface area contributed by atoms with Crippen LogP contribution in [0.15, 0.2) is 48.5 Å². The van der Waals surface area contributed by atoms with Crippen LogP contribution in [-0.2, 0) is 6.42 Å². The van der Waals surface area contributed by atoms with Gasteiger partial charge in [0.25, 0.3) is 0 Å². The quantitative estimate of drug-likeness (QED) is 0.841. The lowest BCUT2D eigenvalue weighted by atomic mass is 9.86. The number of urea groups is 1. The molecule has 0 unspecified atom stereocenters. The molecule has 4 nitrogen and oxygen atoms in total. The molecule has 27 heavy (non-hydrogen) atoms. The van der Waals surface area contributed by atoms with E-state index in [9.17, 15) is 9.18 Å². The second-order valence-electron chi connectivity index (χ2n) is 7.20. The molecule has 0 aromatic heterocycles. The summed E-state index contributed by atoms with van der Waals surface area (Å²) in [5, 5.41) is 6.40. The molecular weight excluding hydrogens is 365 g/mol. The van der Waals surface area contributed by atoms with E-state index in [4.69, 9.17) is 0 Å². The Morgan fingerprint density at radius 3 is 2.48 bits per heavy atom. The van der Waals surface area contributed by atoms with Crippen molar-refractivity contribution in [2.24, 2.45) is 0 Å². The average molecular weight is 390 g/mol. The summed E-state index contributed by atoms with van der Waals surface area (Å²) in [5.41, 5.74) is 3.32. The van der Waals surface area contributed by atoms with Crippen molar-refractivity contribution in [3.05, 3.63) is 71.0 Å². The molecule has 2 amide bonds. The summed E-state index contributed by atoms with van der Waals surface area (Å²) in [4.78, 5) is 14.9. The fourth-order valence-electron chi connectivity index (χ4n) is 4.02. The maximum Gasteiger partial charge on any atom is 0.318 e. The Kier molecular flexibility index (Phi) is 6.02. The van der Waals surface area contributed by atoms with Crippen molar-refractivity contribution in [3.8, 4) is 0 Å². The third kappa shape index (κ3) is 3.94. The Morgan fingerprint density at radius 1 is 1.07 bits per heavy atom. The fraction of sp³-hybridized carbons (Fsp3) is 0.381. The van der Waals surface area contributed by atoms with Gasteiger partial charge in [-0.25, -0.2) is 9.18 Å². The highest BCUT2D eigenvalue weighted by Gasteiger charge is 2.35. The second-order valence-corrected chi connectivity index (χ2v) is 7.20. The van der Waals surface area contributed by atoms with Gasteiger partial charge in [0.1, 0.15) is 5.82 Å². The van der Waals surface area contributed by atoms with Crippen LogP contribution in [0.2, 0.25) is 0 Å². The van der Waals surface area contributed by atoms with Crippen LogP contribution in [0.4, 0.5) is 9.18 Å². The first-order valence-corrected chi connectivity index (χ1v) is 9.23. The molecule has 1 atom stereocenters. The van der Waals surface area contributed by atoms with Crippen molar-refractivity contribution in [2.75, 3.05) is 13.6 Å². The highest BCUT2D eigenvalue weighted by atomic mass is 35.5. The first-order valence-electron chi connectivity index (χ1n) is 9.23. The summed E-state index contributed by atoms with van der Waals surface area (Å²) in [6, 6.07) is 15.2. The van der Waals surface area contributed by atoms with Gasteiger partial charge in [-0.15, -0.1) is 12.4 Å². The van der Waals surface area contributed by atoms with Crippen molar-refractivity contribution in [3.63, 3.8) is 0 Å². The second kappa shape index (κ2) is 8.28. The summed E-state index contributed by atoms with van der Waals surface area (Å²) in [7, 11) is 1.95. The van der Waals surface area contributed by atoms with Crippen LogP contribution in [0.1, 0.15) is 35.6 Å². The lowest BCUT2D eigenvalue weighted by Gasteiger charge is -2.41. The van der Waals surface area contributed by atoms with Crippen molar-refractivity contribution in [1.82, 2.24) is 15.5 Å². The van der Waals surface area contributed by atoms with Crippen molar-refractivity contribution in [2.45, 2.75) is 37.4 Å². The predicted molar refractivity (Wildman–Crippen MR) is 107 cm³/mol. The van der Waals surface area contributed by atoms with E-state index >= 15 is 0 Å². The van der Waals surface area contributed by atoms with Crippen LogP contribution in [0.3, 0.4) is 0 Å². The number of amides is 2. The topological polar surface area (TPSA) is 44.4 Å². The monoisotopic (exact) mass is 389 g/mol. The summed E-state index contributed by atoms with van der Waals surface area (Å²) in [6.07, 6.45) is 2.77. The minimum absolute atomic E-state index is 0. The van der Waals surface area contributed by atoms with Gasteiger partial charge in [0.2, 0.25) is 0 Å². The minimum Gasteiger partial charge on any atom is -0.335 e. The van der Waals surface area contributed by atoms with Gasteiger partial charge in [0.15, 0.2) is 0 Å². The van der Waals surface area contributed by atoms with Crippen molar-refractivity contribution in [1.29, 1.82) is 0 Å². The molecule has 1 aliphatic heterocycles. The Labute approximate surface area is 165 Å². The van der Waals surface area contributed by atoms with E-state index in [1.54, 1.807) is 12.1 Å². The number of hydrogen-bond acceptors (Lipinski definition) is 2. The van der Waals surface area contributed by atoms with Gasteiger partial charge in [-0.3, -0.25) is 0 Å². The molecule has 6 heteroatoms. The largest absolute Gasteiger partial charge is 0.335 e. The van der Waals surface area contributed by atoms with Gasteiger partial charge in [-0.05, 0) is 55.1 Å². The van der Waals surface area contributed by atoms with Crippen LogP contribution < -0.4 is 10.6 Å². The molecule has 1 heterocycles. The number of benzene rings is 2. The van der Waals surface area contributed by atoms with Crippen LogP contribution in [0.25, 0.3) is 0 Å². The number of carbonyl (C=O) groups excluding carboxylic acids is 1. The molecule has 2 aromatic rings. The lowest BCUT2D eigenvalue weighted by Crippen LogP contribution is -2.55. The van der Waals surface area contributed by atoms with Gasteiger partial charge >= 0.3 is 6.03 Å². The van der Waals surface area contributed by atoms with Crippen LogP contribution in [0.5, 0.6) is 0 Å². The number of hydrogen-bond donors (Lipinski definition) is 2. The molecule has 0 radical (unpaired) electrons. The Bertz CT molecular complexity index is 792. The molecule has 1 saturated carbocycles. The van der Waals surface area contributed by atoms with E-state index in [-0.39, 0.29) is 36.3 Å². The number of nitrogens with zero attached hydrogens (tertiary/aromatic N) is 1. The van der Waals surface area contributed by atoms with Gasteiger partial charge < -0.3 is 15.5 Å². The van der Waals surface area contributed by atoms with Gasteiger partial charge in [-0.2, -0.15) is 0 Å². The van der Waals surface area contributed by atoms with Gasteiger partial charge in [0, 0.05) is 18.6 Å². The highest BCUT2D eigenvalue weighted by molar-refractivity contribution is 5.85. The SMILES string of the molecule is CNC1CC(NC(=O)N2CCc3ccccc3[C@@H]2c2ccc(F)cc2)C1.Cl. The highest BCUT2D eigenvalue weighted by Crippen LogP contribution is 2.35. The van der Waals surface area contributed by atoms with Crippen molar-refractivity contribution >= 4 is 18.4 Å². The standard InChI is InChI=1S/C21H24FN3O.ClH/c1-23-17-12-18(13-17)24-21(26)25-11-10-14-4-2-3-5-19(14)20(25)15-6-8-16(22)9-7-15;/h2-9,17-18,20,23H,10-13H2,1H3,(H,24,26);1H/t17?,18?,20-;/m0./s1. The Morgan fingerprint density at radius 2 is 1.78 bits per heavy atom. The van der Waals surface area contributed by atoms with Crippen LogP contribution >= 0.6 is 12.4 Å². The number of rotatable bonds is 3. The third-order valence-electron chi connectivity index (χ3n) is 5.60. The van der Waals surface area contributed by atoms with E-state index < -0.39 is 0 Å². The first-order chi connectivity index (χ1) is 12.7. The zero-order chi connectivity index (χ0) is 18.1. The first kappa shape index (κ1) is 19.6. The average Bonchev–Trinajstić information content (AvgIpc) is 2.64. The van der Waals surface area contributed by atoms with E-state index in [0.29, 0.717) is 12.6 Å². The summed E-state index contributed by atoms with van der Waals surface area (Å²) in [5.74, 6) is -0.263. The predicted octanol–water partition coefficient (Wildman–Crippen LogP) is 3.66. The van der Waals surface area contributed by atoms with E-state index in [2.05, 4.69) is 22.8 Å². The van der Waals surface area contributed by atoms with Crippen LogP contribution in [0, 0.1) is 5.82 Å². The molecular formula is C21H25ClFN3O. The maximum absolute atomic E-state index is 13.4. The van der Waals surface area contributed by atoms with E-state index in [1.807, 2.05) is 24.1 Å². The molecule has 2 N–H and O–H groups in total. The van der Waals surface area contributed by atoms with Crippen LogP contribution in [-0.4, -0.2) is 36.6 Å². The number of nitrogens with one attached hydrogen (secondary N) is 2. The molecule has 2 aliphatic rings. The third-order valence-corrected chi connectivity index (χ3v) is 5.60. The molecule has 2 aromatic carbocycles. The van der Waals surface area contributed by atoms with Gasteiger partial charge in [-0.1, -0.05) is 36.4 Å². The smallest absolute Gasteiger partial charge is 0.318 e.